The molecular formula is C17H16BrFO3. The summed E-state index contributed by atoms with van der Waals surface area (Å²) in [6, 6.07) is 15.3. The Hall–Kier alpha value is -1.72. The highest BCUT2D eigenvalue weighted by Crippen LogP contribution is 2.25. The van der Waals surface area contributed by atoms with Crippen molar-refractivity contribution < 1.29 is 19.0 Å². The minimum Gasteiger partial charge on any atom is -0.462 e. The largest absolute Gasteiger partial charge is 0.462 e. The Morgan fingerprint density at radius 3 is 2.36 bits per heavy atom. The van der Waals surface area contributed by atoms with Crippen LogP contribution in [0.5, 0.6) is 0 Å². The van der Waals surface area contributed by atoms with Crippen molar-refractivity contribution in [2.45, 2.75) is 12.0 Å². The van der Waals surface area contributed by atoms with Crippen LogP contribution in [0.3, 0.4) is 0 Å². The third kappa shape index (κ3) is 4.15. The Morgan fingerprint density at radius 1 is 1.14 bits per heavy atom. The zero-order chi connectivity index (χ0) is 16.0. The first kappa shape index (κ1) is 16.6. The SMILES string of the molecule is O=C(OCC[C@@](O)(CF)c1ccccc1)c1ccc(Br)cc1. The molecule has 1 N–H and O–H groups in total. The number of hydrogen-bond donors (Lipinski definition) is 1. The minimum atomic E-state index is -1.64. The smallest absolute Gasteiger partial charge is 0.338 e. The molecule has 0 heterocycles. The van der Waals surface area contributed by atoms with Crippen LogP contribution in [-0.2, 0) is 10.3 Å². The third-order valence-electron chi connectivity index (χ3n) is 3.36. The second kappa shape index (κ2) is 7.51. The molecular weight excluding hydrogens is 351 g/mol. The fraction of sp³-hybridized carbons (Fsp3) is 0.235. The monoisotopic (exact) mass is 366 g/mol. The maximum absolute atomic E-state index is 13.2. The van der Waals surface area contributed by atoms with Crippen LogP contribution in [0.1, 0.15) is 22.3 Å². The van der Waals surface area contributed by atoms with E-state index in [4.69, 9.17) is 4.74 Å². The van der Waals surface area contributed by atoms with Gasteiger partial charge in [0.1, 0.15) is 12.3 Å². The van der Waals surface area contributed by atoms with E-state index in [9.17, 15) is 14.3 Å². The average Bonchev–Trinajstić information content (AvgIpc) is 2.56. The van der Waals surface area contributed by atoms with Crippen molar-refractivity contribution in [3.8, 4) is 0 Å². The molecule has 0 aliphatic carbocycles. The molecule has 0 amide bonds. The number of carbonyl (C=O) groups excluding carboxylic acids is 1. The summed E-state index contributed by atoms with van der Waals surface area (Å²) in [5, 5.41) is 10.3. The molecule has 0 aliphatic rings. The van der Waals surface area contributed by atoms with Crippen molar-refractivity contribution in [3.05, 3.63) is 70.2 Å². The molecule has 0 saturated carbocycles. The number of carbonyl (C=O) groups is 1. The maximum atomic E-state index is 13.2. The van der Waals surface area contributed by atoms with Gasteiger partial charge >= 0.3 is 5.97 Å². The van der Waals surface area contributed by atoms with E-state index in [1.807, 2.05) is 0 Å². The fourth-order valence-electron chi connectivity index (χ4n) is 2.02. The summed E-state index contributed by atoms with van der Waals surface area (Å²) in [6.07, 6.45) is -0.00419. The number of benzene rings is 2. The first-order valence-corrected chi connectivity index (χ1v) is 7.61. The number of hydrogen-bond acceptors (Lipinski definition) is 3. The maximum Gasteiger partial charge on any atom is 0.338 e. The van der Waals surface area contributed by atoms with E-state index in [2.05, 4.69) is 15.9 Å². The van der Waals surface area contributed by atoms with Crippen molar-refractivity contribution in [2.75, 3.05) is 13.3 Å². The first-order chi connectivity index (χ1) is 10.5. The molecule has 2 aromatic carbocycles. The van der Waals surface area contributed by atoms with Crippen molar-refractivity contribution in [1.82, 2.24) is 0 Å². The van der Waals surface area contributed by atoms with E-state index in [0.717, 1.165) is 4.47 Å². The summed E-state index contributed by atoms with van der Waals surface area (Å²) in [4.78, 5) is 11.9. The van der Waals surface area contributed by atoms with Crippen LogP contribution < -0.4 is 0 Å². The lowest BCUT2D eigenvalue weighted by molar-refractivity contribution is -0.0175. The van der Waals surface area contributed by atoms with Gasteiger partial charge in [-0.05, 0) is 29.8 Å². The molecule has 0 spiro atoms. The summed E-state index contributed by atoms with van der Waals surface area (Å²) in [7, 11) is 0. The van der Waals surface area contributed by atoms with Crippen LogP contribution in [0.4, 0.5) is 4.39 Å². The first-order valence-electron chi connectivity index (χ1n) is 6.82. The van der Waals surface area contributed by atoms with Gasteiger partial charge < -0.3 is 9.84 Å². The number of ether oxygens (including phenoxy) is 1. The Balaban J connectivity index is 1.94. The lowest BCUT2D eigenvalue weighted by atomic mass is 9.92. The van der Waals surface area contributed by atoms with Gasteiger partial charge in [0.15, 0.2) is 0 Å². The summed E-state index contributed by atoms with van der Waals surface area (Å²) >= 11 is 3.28. The molecule has 2 rings (SSSR count). The number of rotatable bonds is 6. The standard InChI is InChI=1S/C17H16BrFO3/c18-15-8-6-13(7-9-15)16(20)22-11-10-17(21,12-19)14-4-2-1-3-5-14/h1-9,21H,10-12H2/t17-/m1/s1. The van der Waals surface area contributed by atoms with Crippen molar-refractivity contribution in [1.29, 1.82) is 0 Å². The van der Waals surface area contributed by atoms with Crippen molar-refractivity contribution >= 4 is 21.9 Å². The molecule has 5 heteroatoms. The predicted octanol–water partition coefficient (Wildman–Crippen LogP) is 3.85. The fourth-order valence-corrected chi connectivity index (χ4v) is 2.28. The van der Waals surface area contributed by atoms with Gasteiger partial charge in [-0.1, -0.05) is 46.3 Å². The van der Waals surface area contributed by atoms with Gasteiger partial charge in [0.25, 0.3) is 0 Å². The van der Waals surface area contributed by atoms with Gasteiger partial charge in [-0.25, -0.2) is 9.18 Å². The Labute approximate surface area is 136 Å². The van der Waals surface area contributed by atoms with Gasteiger partial charge in [-0.15, -0.1) is 0 Å². The molecule has 2 aromatic rings. The molecule has 0 aliphatic heterocycles. The molecule has 0 fully saturated rings. The van der Waals surface area contributed by atoms with Crippen molar-refractivity contribution in [3.63, 3.8) is 0 Å². The second-order valence-corrected chi connectivity index (χ2v) is 5.84. The van der Waals surface area contributed by atoms with Crippen LogP contribution in [0, 0.1) is 0 Å². The highest BCUT2D eigenvalue weighted by molar-refractivity contribution is 9.10. The van der Waals surface area contributed by atoms with Crippen LogP contribution in [0.25, 0.3) is 0 Å². The Morgan fingerprint density at radius 2 is 1.77 bits per heavy atom. The summed E-state index contributed by atoms with van der Waals surface area (Å²) in [6.45, 7) is -1.00. The van der Waals surface area contributed by atoms with Crippen molar-refractivity contribution in [2.24, 2.45) is 0 Å². The normalized spacial score (nSPS) is 13.4. The topological polar surface area (TPSA) is 46.5 Å². The van der Waals surface area contributed by atoms with Gasteiger partial charge in [-0.3, -0.25) is 0 Å². The number of halogens is 2. The molecule has 22 heavy (non-hydrogen) atoms. The van der Waals surface area contributed by atoms with Crippen LogP contribution in [0.2, 0.25) is 0 Å². The highest BCUT2D eigenvalue weighted by Gasteiger charge is 2.29. The van der Waals surface area contributed by atoms with Gasteiger partial charge in [0, 0.05) is 10.9 Å². The number of esters is 1. The number of aliphatic hydroxyl groups is 1. The van der Waals surface area contributed by atoms with E-state index in [1.165, 1.54) is 0 Å². The zero-order valence-corrected chi connectivity index (χ0v) is 13.4. The lowest BCUT2D eigenvalue weighted by Crippen LogP contribution is -2.30. The van der Waals surface area contributed by atoms with Gasteiger partial charge in [-0.2, -0.15) is 0 Å². The molecule has 3 nitrogen and oxygen atoms in total. The Bertz CT molecular complexity index is 616. The molecule has 116 valence electrons. The van der Waals surface area contributed by atoms with E-state index in [0.29, 0.717) is 11.1 Å². The van der Waals surface area contributed by atoms with Gasteiger partial charge in [0.2, 0.25) is 0 Å². The van der Waals surface area contributed by atoms with E-state index >= 15 is 0 Å². The zero-order valence-electron chi connectivity index (χ0n) is 11.8. The molecule has 1 atom stereocenters. The molecule has 0 unspecified atom stereocenters. The highest BCUT2D eigenvalue weighted by atomic mass is 79.9. The minimum absolute atomic E-state index is 0.00419. The molecule has 0 saturated heterocycles. The molecule has 0 bridgehead atoms. The van der Waals surface area contributed by atoms with E-state index in [-0.39, 0.29) is 13.0 Å². The second-order valence-electron chi connectivity index (χ2n) is 4.92. The van der Waals surface area contributed by atoms with Crippen LogP contribution in [-0.4, -0.2) is 24.4 Å². The molecule has 0 aromatic heterocycles. The van der Waals surface area contributed by atoms with E-state index < -0.39 is 18.2 Å². The number of alkyl halides is 1. The summed E-state index contributed by atoms with van der Waals surface area (Å²) in [5.74, 6) is -0.498. The Kier molecular flexibility index (Phi) is 5.69. The predicted molar refractivity (Wildman–Crippen MR) is 85.4 cm³/mol. The van der Waals surface area contributed by atoms with Crippen LogP contribution in [0.15, 0.2) is 59.1 Å². The van der Waals surface area contributed by atoms with E-state index in [1.54, 1.807) is 54.6 Å². The van der Waals surface area contributed by atoms with Gasteiger partial charge in [0.05, 0.1) is 12.2 Å². The molecule has 0 radical (unpaired) electrons. The quantitative estimate of drug-likeness (QED) is 0.789. The third-order valence-corrected chi connectivity index (χ3v) is 3.89. The summed E-state index contributed by atoms with van der Waals surface area (Å²) in [5.41, 5.74) is -0.759. The lowest BCUT2D eigenvalue weighted by Gasteiger charge is -2.25. The van der Waals surface area contributed by atoms with Crippen LogP contribution >= 0.6 is 15.9 Å². The summed E-state index contributed by atoms with van der Waals surface area (Å²) < 4.78 is 19.2. The average molecular weight is 367 g/mol.